The molecule has 2 rings (SSSR count). The lowest BCUT2D eigenvalue weighted by molar-refractivity contribution is 0.458. The fourth-order valence-corrected chi connectivity index (χ4v) is 2.39. The molecule has 0 bridgehead atoms. The van der Waals surface area contributed by atoms with Crippen molar-refractivity contribution in [3.63, 3.8) is 0 Å². The summed E-state index contributed by atoms with van der Waals surface area (Å²) >= 11 is 5.78. The van der Waals surface area contributed by atoms with E-state index in [0.717, 1.165) is 36.9 Å². The molecule has 0 radical (unpaired) electrons. The van der Waals surface area contributed by atoms with E-state index in [1.54, 1.807) is 6.07 Å². The number of nitrogens with one attached hydrogen (secondary N) is 1. The Morgan fingerprint density at radius 2 is 2.33 bits per heavy atom. The van der Waals surface area contributed by atoms with E-state index >= 15 is 0 Å². The lowest BCUT2D eigenvalue weighted by Gasteiger charge is -2.27. The van der Waals surface area contributed by atoms with Crippen molar-refractivity contribution < 1.29 is 4.39 Å². The molecule has 0 aromatic heterocycles. The van der Waals surface area contributed by atoms with Gasteiger partial charge in [-0.3, -0.25) is 0 Å². The van der Waals surface area contributed by atoms with Crippen LogP contribution in [-0.2, 0) is 6.42 Å². The van der Waals surface area contributed by atoms with E-state index in [4.69, 9.17) is 11.6 Å². The Morgan fingerprint density at radius 3 is 3.07 bits per heavy atom. The smallest absolute Gasteiger partial charge is 0.145 e. The summed E-state index contributed by atoms with van der Waals surface area (Å²) in [6.45, 7) is 2.98. The second-order valence-corrected chi connectivity index (χ2v) is 4.38. The van der Waals surface area contributed by atoms with Crippen molar-refractivity contribution in [2.45, 2.75) is 32.2 Å². The molecule has 1 nitrogen and oxygen atoms in total. The molecule has 1 heterocycles. The van der Waals surface area contributed by atoms with Crippen LogP contribution in [0.4, 0.5) is 4.39 Å². The zero-order valence-electron chi connectivity index (χ0n) is 8.82. The topological polar surface area (TPSA) is 12.0 Å². The number of fused-ring (bicyclic) bond motifs is 1. The molecule has 1 aromatic rings. The van der Waals surface area contributed by atoms with Crippen LogP contribution in [0.3, 0.4) is 0 Å². The molecule has 1 unspecified atom stereocenters. The third-order valence-electron chi connectivity index (χ3n) is 2.95. The highest BCUT2D eigenvalue weighted by molar-refractivity contribution is 6.30. The van der Waals surface area contributed by atoms with Gasteiger partial charge in [0, 0.05) is 6.04 Å². The lowest BCUT2D eigenvalue weighted by Crippen LogP contribution is -2.30. The molecule has 1 aliphatic heterocycles. The van der Waals surface area contributed by atoms with Crippen LogP contribution in [0.2, 0.25) is 5.02 Å². The SMILES string of the molecule is CCCC1NCCc2c1ccc(Cl)c2F. The van der Waals surface area contributed by atoms with E-state index in [1.807, 2.05) is 6.07 Å². The van der Waals surface area contributed by atoms with Crippen molar-refractivity contribution in [1.29, 1.82) is 0 Å². The number of rotatable bonds is 2. The van der Waals surface area contributed by atoms with Gasteiger partial charge in [-0.25, -0.2) is 4.39 Å². The van der Waals surface area contributed by atoms with Gasteiger partial charge in [0.25, 0.3) is 0 Å². The highest BCUT2D eigenvalue weighted by Crippen LogP contribution is 2.31. The number of hydrogen-bond acceptors (Lipinski definition) is 1. The van der Waals surface area contributed by atoms with Crippen LogP contribution in [0.25, 0.3) is 0 Å². The summed E-state index contributed by atoms with van der Waals surface area (Å²) in [5, 5.41) is 3.65. The molecule has 1 aliphatic rings. The Hall–Kier alpha value is -0.600. The van der Waals surface area contributed by atoms with Gasteiger partial charge in [-0.05, 0) is 36.6 Å². The molecule has 0 spiro atoms. The highest BCUT2D eigenvalue weighted by Gasteiger charge is 2.22. The predicted octanol–water partition coefficient (Wildman–Crippen LogP) is 3.47. The molecule has 1 atom stereocenters. The zero-order chi connectivity index (χ0) is 10.8. The first-order chi connectivity index (χ1) is 7.24. The summed E-state index contributed by atoms with van der Waals surface area (Å²) in [5.74, 6) is -0.225. The van der Waals surface area contributed by atoms with Crippen LogP contribution in [0, 0.1) is 5.82 Å². The average molecular weight is 228 g/mol. The molecule has 0 fully saturated rings. The zero-order valence-corrected chi connectivity index (χ0v) is 9.57. The van der Waals surface area contributed by atoms with Crippen molar-refractivity contribution in [3.05, 3.63) is 34.1 Å². The van der Waals surface area contributed by atoms with Gasteiger partial charge in [-0.15, -0.1) is 0 Å². The van der Waals surface area contributed by atoms with Gasteiger partial charge in [-0.1, -0.05) is 31.0 Å². The van der Waals surface area contributed by atoms with Crippen LogP contribution < -0.4 is 5.32 Å². The molecular weight excluding hydrogens is 213 g/mol. The largest absolute Gasteiger partial charge is 0.310 e. The first kappa shape index (κ1) is 10.9. The maximum atomic E-state index is 13.7. The second kappa shape index (κ2) is 4.50. The number of benzene rings is 1. The minimum absolute atomic E-state index is 0.225. The van der Waals surface area contributed by atoms with Crippen molar-refractivity contribution in [2.75, 3.05) is 6.54 Å². The quantitative estimate of drug-likeness (QED) is 0.816. The molecule has 3 heteroatoms. The molecule has 0 saturated carbocycles. The molecule has 1 N–H and O–H groups in total. The molecular formula is C12H15ClFN. The van der Waals surface area contributed by atoms with Crippen LogP contribution in [0.1, 0.15) is 36.9 Å². The second-order valence-electron chi connectivity index (χ2n) is 3.97. The summed E-state index contributed by atoms with van der Waals surface area (Å²) in [6.07, 6.45) is 2.89. The molecule has 15 heavy (non-hydrogen) atoms. The Morgan fingerprint density at radius 1 is 1.53 bits per heavy atom. The van der Waals surface area contributed by atoms with E-state index in [-0.39, 0.29) is 10.8 Å². The summed E-state index contributed by atoms with van der Waals surface area (Å²) < 4.78 is 13.7. The number of halogens is 2. The van der Waals surface area contributed by atoms with E-state index in [2.05, 4.69) is 12.2 Å². The first-order valence-corrected chi connectivity index (χ1v) is 5.82. The fourth-order valence-electron chi connectivity index (χ4n) is 2.22. The van der Waals surface area contributed by atoms with Gasteiger partial charge < -0.3 is 5.32 Å². The van der Waals surface area contributed by atoms with Crippen molar-refractivity contribution in [1.82, 2.24) is 5.32 Å². The van der Waals surface area contributed by atoms with Crippen molar-refractivity contribution >= 4 is 11.6 Å². The first-order valence-electron chi connectivity index (χ1n) is 5.44. The Kier molecular flexibility index (Phi) is 3.27. The third kappa shape index (κ3) is 2.01. The molecule has 0 aliphatic carbocycles. The number of hydrogen-bond donors (Lipinski definition) is 1. The molecule has 0 saturated heterocycles. The minimum atomic E-state index is -0.225. The van der Waals surface area contributed by atoms with Gasteiger partial charge in [0.2, 0.25) is 0 Å². The van der Waals surface area contributed by atoms with Gasteiger partial charge in [0.15, 0.2) is 0 Å². The van der Waals surface area contributed by atoms with Gasteiger partial charge in [-0.2, -0.15) is 0 Å². The normalized spacial score (nSPS) is 20.1. The van der Waals surface area contributed by atoms with Crippen molar-refractivity contribution in [2.24, 2.45) is 0 Å². The monoisotopic (exact) mass is 227 g/mol. The van der Waals surface area contributed by atoms with Crippen LogP contribution in [0.5, 0.6) is 0 Å². The van der Waals surface area contributed by atoms with Crippen LogP contribution >= 0.6 is 11.6 Å². The highest BCUT2D eigenvalue weighted by atomic mass is 35.5. The summed E-state index contributed by atoms with van der Waals surface area (Å²) in [4.78, 5) is 0. The molecule has 1 aromatic carbocycles. The summed E-state index contributed by atoms with van der Waals surface area (Å²) in [5.41, 5.74) is 1.89. The van der Waals surface area contributed by atoms with Gasteiger partial charge >= 0.3 is 0 Å². The van der Waals surface area contributed by atoms with Crippen molar-refractivity contribution in [3.8, 4) is 0 Å². The maximum absolute atomic E-state index is 13.7. The van der Waals surface area contributed by atoms with E-state index < -0.39 is 0 Å². The summed E-state index contributed by atoms with van der Waals surface area (Å²) in [6, 6.07) is 3.91. The Balaban J connectivity index is 2.40. The Labute approximate surface area is 94.6 Å². The Bertz CT molecular complexity index is 365. The lowest BCUT2D eigenvalue weighted by atomic mass is 9.91. The van der Waals surface area contributed by atoms with E-state index in [9.17, 15) is 4.39 Å². The third-order valence-corrected chi connectivity index (χ3v) is 3.24. The molecule has 0 amide bonds. The predicted molar refractivity (Wildman–Crippen MR) is 60.8 cm³/mol. The van der Waals surface area contributed by atoms with Crippen LogP contribution in [0.15, 0.2) is 12.1 Å². The van der Waals surface area contributed by atoms with Crippen LogP contribution in [-0.4, -0.2) is 6.54 Å². The van der Waals surface area contributed by atoms with Gasteiger partial charge in [0.1, 0.15) is 5.82 Å². The van der Waals surface area contributed by atoms with E-state index in [1.165, 1.54) is 0 Å². The average Bonchev–Trinajstić information content (AvgIpc) is 2.25. The molecule has 82 valence electrons. The standard InChI is InChI=1S/C12H15ClFN/c1-2-3-11-8-4-5-10(13)12(14)9(8)6-7-15-11/h4-5,11,15H,2-3,6-7H2,1H3. The fraction of sp³-hybridized carbons (Fsp3) is 0.500. The van der Waals surface area contributed by atoms with E-state index in [0.29, 0.717) is 6.04 Å². The van der Waals surface area contributed by atoms with Gasteiger partial charge in [0.05, 0.1) is 5.02 Å². The maximum Gasteiger partial charge on any atom is 0.145 e. The summed E-state index contributed by atoms with van der Waals surface area (Å²) in [7, 11) is 0. The minimum Gasteiger partial charge on any atom is -0.310 e.